The van der Waals surface area contributed by atoms with Crippen LogP contribution in [-0.4, -0.2) is 52.4 Å². The van der Waals surface area contributed by atoms with Crippen LogP contribution in [0.1, 0.15) is 49.3 Å². The van der Waals surface area contributed by atoms with E-state index in [1.165, 1.54) is 6.07 Å². The van der Waals surface area contributed by atoms with Gasteiger partial charge in [0.15, 0.2) is 0 Å². The van der Waals surface area contributed by atoms with E-state index in [2.05, 4.69) is 4.90 Å². The summed E-state index contributed by atoms with van der Waals surface area (Å²) in [5.41, 5.74) is 0.996. The molecular weight excluding hydrogens is 380 g/mol. The number of likely N-dealkylation sites (tertiary alicyclic amines) is 1. The number of carbonyl (C=O) groups excluding carboxylic acids is 2. The second kappa shape index (κ2) is 10.1. The van der Waals surface area contributed by atoms with E-state index in [1.54, 1.807) is 13.0 Å². The molecule has 0 aromatic heterocycles. The van der Waals surface area contributed by atoms with Gasteiger partial charge in [0, 0.05) is 12.1 Å². The predicted octanol–water partition coefficient (Wildman–Crippen LogP) is 1.61. The number of rotatable bonds is 7. The second-order valence-corrected chi connectivity index (χ2v) is 7.99. The van der Waals surface area contributed by atoms with Gasteiger partial charge in [-0.1, -0.05) is 12.5 Å². The van der Waals surface area contributed by atoms with Gasteiger partial charge < -0.3 is 15.2 Å². The topological polar surface area (TPSA) is 115 Å². The summed E-state index contributed by atoms with van der Waals surface area (Å²) < 4.78 is 14.6. The Kier molecular flexibility index (Phi) is 8.10. The number of carboxylic acids is 1. The molecule has 1 aliphatic heterocycles. The molecule has 1 aromatic rings. The molecule has 3 rings (SSSR count). The zero-order valence-electron chi connectivity index (χ0n) is 16.6. The zero-order valence-corrected chi connectivity index (χ0v) is 16.6. The molecule has 1 saturated heterocycles. The fraction of sp³-hybridized carbons (Fsp3) is 0.600. The van der Waals surface area contributed by atoms with Gasteiger partial charge in [0.05, 0.1) is 5.41 Å². The summed E-state index contributed by atoms with van der Waals surface area (Å²) in [7, 11) is -1.38. The van der Waals surface area contributed by atoms with Crippen LogP contribution in [0.15, 0.2) is 12.1 Å². The van der Waals surface area contributed by atoms with E-state index >= 15 is 0 Å². The van der Waals surface area contributed by atoms with Crippen molar-refractivity contribution in [2.45, 2.75) is 57.3 Å². The molecule has 158 valence electrons. The Labute approximate surface area is 169 Å². The molecule has 0 amide bonds. The van der Waals surface area contributed by atoms with Crippen LogP contribution >= 0.6 is 0 Å². The average molecular weight is 407 g/mol. The van der Waals surface area contributed by atoms with Crippen LogP contribution in [0.3, 0.4) is 0 Å². The van der Waals surface area contributed by atoms with Gasteiger partial charge in [-0.15, -0.1) is 0 Å². The maximum Gasteiger partial charge on any atom is 0.451 e. The quantitative estimate of drug-likeness (QED) is 0.588. The standard InChI is InChI=1S/C19H27BFNO4.CO2/c1-19(18(23)24)15(5-4-6-20(25)26)9-13-11-17(21)14(10-16(13)19)12-22-7-2-3-8-22;2-1-3/h10-11,15,25-26H,2-9,12H2,1H3,(H,23,24);/t15-,19-;/m0./s1. The van der Waals surface area contributed by atoms with Crippen molar-refractivity contribution in [2.24, 2.45) is 5.92 Å². The molecule has 3 N–H and O–H groups in total. The molecule has 9 heteroatoms. The van der Waals surface area contributed by atoms with Crippen LogP contribution in [-0.2, 0) is 32.8 Å². The number of carbonyl (C=O) groups is 1. The number of nitrogens with zero attached hydrogens (tertiary/aromatic N) is 1. The summed E-state index contributed by atoms with van der Waals surface area (Å²) in [5.74, 6) is -1.32. The minimum atomic E-state index is -1.38. The van der Waals surface area contributed by atoms with Gasteiger partial charge in [-0.25, -0.2) is 4.39 Å². The maximum absolute atomic E-state index is 14.6. The molecule has 29 heavy (non-hydrogen) atoms. The highest BCUT2D eigenvalue weighted by atomic mass is 19.1. The van der Waals surface area contributed by atoms with Crippen LogP contribution < -0.4 is 0 Å². The van der Waals surface area contributed by atoms with Crippen LogP contribution in [0.4, 0.5) is 4.39 Å². The van der Waals surface area contributed by atoms with Crippen molar-refractivity contribution in [2.75, 3.05) is 13.1 Å². The highest BCUT2D eigenvalue weighted by Gasteiger charge is 2.49. The van der Waals surface area contributed by atoms with Crippen LogP contribution in [0.2, 0.25) is 6.32 Å². The summed E-state index contributed by atoms with van der Waals surface area (Å²) in [6.07, 6.45) is 4.33. The average Bonchev–Trinajstić information content (AvgIpc) is 3.24. The number of carboxylic acid groups (broad SMARTS) is 1. The molecule has 0 bridgehead atoms. The highest BCUT2D eigenvalue weighted by molar-refractivity contribution is 6.40. The van der Waals surface area contributed by atoms with Crippen LogP contribution in [0, 0.1) is 11.7 Å². The number of fused-ring (bicyclic) bond motifs is 1. The molecule has 0 unspecified atom stereocenters. The summed E-state index contributed by atoms with van der Waals surface area (Å²) in [6.45, 7) is 4.16. The minimum Gasteiger partial charge on any atom is -0.481 e. The summed E-state index contributed by atoms with van der Waals surface area (Å²) in [6, 6.07) is 3.28. The molecule has 2 atom stereocenters. The van der Waals surface area contributed by atoms with Crippen LogP contribution in [0.25, 0.3) is 0 Å². The number of hydrogen-bond acceptors (Lipinski definition) is 6. The summed E-state index contributed by atoms with van der Waals surface area (Å²) >= 11 is 0. The molecular formula is C20H27BFNO6. The maximum atomic E-state index is 14.6. The van der Waals surface area contributed by atoms with Crippen molar-refractivity contribution in [1.82, 2.24) is 4.90 Å². The number of benzene rings is 1. The first kappa shape index (κ1) is 23.2. The van der Waals surface area contributed by atoms with Gasteiger partial charge in [0.25, 0.3) is 0 Å². The van der Waals surface area contributed by atoms with Gasteiger partial charge >= 0.3 is 19.2 Å². The van der Waals surface area contributed by atoms with E-state index in [4.69, 9.17) is 19.6 Å². The normalized spacial score (nSPS) is 23.1. The molecule has 2 aliphatic rings. The van der Waals surface area contributed by atoms with E-state index in [0.29, 0.717) is 31.4 Å². The third-order valence-corrected chi connectivity index (χ3v) is 6.17. The largest absolute Gasteiger partial charge is 0.481 e. The number of halogens is 1. The molecule has 7 nitrogen and oxygen atoms in total. The first-order chi connectivity index (χ1) is 13.7. The van der Waals surface area contributed by atoms with Crippen molar-refractivity contribution in [3.63, 3.8) is 0 Å². The molecule has 1 heterocycles. The van der Waals surface area contributed by atoms with Gasteiger partial charge in [0.2, 0.25) is 0 Å². The van der Waals surface area contributed by atoms with Crippen molar-refractivity contribution in [3.05, 3.63) is 34.6 Å². The van der Waals surface area contributed by atoms with Crippen molar-refractivity contribution < 1.29 is 33.9 Å². The zero-order chi connectivity index (χ0) is 21.6. The molecule has 0 radical (unpaired) electrons. The lowest BCUT2D eigenvalue weighted by atomic mass is 9.72. The third kappa shape index (κ3) is 5.31. The van der Waals surface area contributed by atoms with Gasteiger partial charge in [-0.3, -0.25) is 9.69 Å². The lowest BCUT2D eigenvalue weighted by Crippen LogP contribution is -2.37. The third-order valence-electron chi connectivity index (χ3n) is 6.17. The second-order valence-electron chi connectivity index (χ2n) is 7.99. The lowest BCUT2D eigenvalue weighted by Gasteiger charge is -2.29. The Morgan fingerprint density at radius 3 is 2.48 bits per heavy atom. The molecule has 1 fully saturated rings. The Hall–Kier alpha value is -2.06. The van der Waals surface area contributed by atoms with E-state index in [9.17, 15) is 14.3 Å². The molecule has 1 aromatic carbocycles. The molecule has 0 saturated carbocycles. The van der Waals surface area contributed by atoms with Crippen molar-refractivity contribution >= 4 is 19.2 Å². The Bertz CT molecular complexity index is 762. The first-order valence-corrected chi connectivity index (χ1v) is 9.87. The Morgan fingerprint density at radius 1 is 1.31 bits per heavy atom. The van der Waals surface area contributed by atoms with E-state index in [0.717, 1.165) is 37.1 Å². The van der Waals surface area contributed by atoms with E-state index in [-0.39, 0.29) is 24.2 Å². The van der Waals surface area contributed by atoms with Gasteiger partial charge in [-0.2, -0.15) is 9.59 Å². The monoisotopic (exact) mass is 407 g/mol. The van der Waals surface area contributed by atoms with E-state index in [1.807, 2.05) is 0 Å². The number of aliphatic carboxylic acids is 1. The van der Waals surface area contributed by atoms with E-state index < -0.39 is 18.5 Å². The SMILES string of the molecule is C[C@@]1(C(=O)O)c2cc(CN3CCCC3)c(F)cc2C[C@@H]1CCCB(O)O.O=C=O. The summed E-state index contributed by atoms with van der Waals surface area (Å²) in [4.78, 5) is 30.6. The van der Waals surface area contributed by atoms with Crippen molar-refractivity contribution in [3.8, 4) is 0 Å². The highest BCUT2D eigenvalue weighted by Crippen LogP contribution is 2.46. The van der Waals surface area contributed by atoms with Crippen molar-refractivity contribution in [1.29, 1.82) is 0 Å². The fourth-order valence-corrected chi connectivity index (χ4v) is 4.53. The first-order valence-electron chi connectivity index (χ1n) is 9.87. The predicted molar refractivity (Wildman–Crippen MR) is 102 cm³/mol. The number of hydrogen-bond donors (Lipinski definition) is 3. The Balaban J connectivity index is 0.000000941. The lowest BCUT2D eigenvalue weighted by molar-refractivity contribution is -0.191. The fourth-order valence-electron chi connectivity index (χ4n) is 4.53. The minimum absolute atomic E-state index is 0.171. The molecule has 1 aliphatic carbocycles. The summed E-state index contributed by atoms with van der Waals surface area (Å²) in [5, 5.41) is 28.0. The Morgan fingerprint density at radius 2 is 1.93 bits per heavy atom. The van der Waals surface area contributed by atoms with Crippen LogP contribution in [0.5, 0.6) is 0 Å². The molecule has 0 spiro atoms. The smallest absolute Gasteiger partial charge is 0.451 e. The van der Waals surface area contributed by atoms with Gasteiger partial charge in [-0.05, 0) is 75.1 Å². The van der Waals surface area contributed by atoms with Gasteiger partial charge in [0.1, 0.15) is 5.82 Å².